The van der Waals surface area contributed by atoms with Gasteiger partial charge in [-0.2, -0.15) is 0 Å². The largest absolute Gasteiger partial charge is 0.330 e. The van der Waals surface area contributed by atoms with Crippen LogP contribution in [-0.4, -0.2) is 6.54 Å². The van der Waals surface area contributed by atoms with Crippen LogP contribution in [-0.2, 0) is 5.41 Å². The molecule has 1 aromatic rings. The molecule has 1 saturated carbocycles. The number of thiophene rings is 1. The van der Waals surface area contributed by atoms with Crippen LogP contribution in [0.5, 0.6) is 0 Å². The Bertz CT molecular complexity index is 345. The summed E-state index contributed by atoms with van der Waals surface area (Å²) in [5.74, 6) is 0. The summed E-state index contributed by atoms with van der Waals surface area (Å²) < 4.78 is 0.888. The number of nitrogens with two attached hydrogens (primary N) is 1. The summed E-state index contributed by atoms with van der Waals surface area (Å²) in [7, 11) is 0. The highest BCUT2D eigenvalue weighted by molar-refractivity contribution is 7.16. The van der Waals surface area contributed by atoms with E-state index in [1.165, 1.54) is 11.3 Å². The molecule has 1 fully saturated rings. The standard InChI is InChI=1S/C11H16ClNS/c1-10(2)7-11(10,5-6-13)8-3-4-9(12)14-8/h3-4H,5-7,13H2,1-2H3. The summed E-state index contributed by atoms with van der Waals surface area (Å²) in [5, 5.41) is 0. The van der Waals surface area contributed by atoms with Gasteiger partial charge in [-0.15, -0.1) is 11.3 Å². The molecule has 3 heteroatoms. The van der Waals surface area contributed by atoms with Gasteiger partial charge in [0.15, 0.2) is 0 Å². The fourth-order valence-corrected chi connectivity index (χ4v) is 3.94. The third-order valence-electron chi connectivity index (χ3n) is 3.53. The quantitative estimate of drug-likeness (QED) is 0.845. The van der Waals surface area contributed by atoms with Crippen molar-refractivity contribution >= 4 is 22.9 Å². The molecular formula is C11H16ClNS. The Morgan fingerprint density at radius 2 is 2.14 bits per heavy atom. The molecule has 78 valence electrons. The summed E-state index contributed by atoms with van der Waals surface area (Å²) in [6.07, 6.45) is 2.32. The van der Waals surface area contributed by atoms with E-state index in [9.17, 15) is 0 Å². The van der Waals surface area contributed by atoms with Gasteiger partial charge in [-0.3, -0.25) is 0 Å². The molecule has 0 aliphatic heterocycles. The maximum atomic E-state index is 5.97. The molecule has 1 aliphatic rings. The van der Waals surface area contributed by atoms with Crippen LogP contribution < -0.4 is 5.73 Å². The van der Waals surface area contributed by atoms with Crippen molar-refractivity contribution in [2.24, 2.45) is 11.1 Å². The lowest BCUT2D eigenvalue weighted by Crippen LogP contribution is -2.17. The van der Waals surface area contributed by atoms with Crippen molar-refractivity contribution in [1.29, 1.82) is 0 Å². The average Bonchev–Trinajstić information content (AvgIpc) is 2.46. The second-order valence-corrected chi connectivity index (χ2v) is 6.50. The predicted octanol–water partition coefficient (Wildman–Crippen LogP) is 3.42. The highest BCUT2D eigenvalue weighted by Gasteiger charge is 2.61. The van der Waals surface area contributed by atoms with Crippen molar-refractivity contribution < 1.29 is 0 Å². The molecule has 0 aromatic carbocycles. The molecule has 0 bridgehead atoms. The van der Waals surface area contributed by atoms with E-state index in [-0.39, 0.29) is 0 Å². The van der Waals surface area contributed by atoms with Crippen molar-refractivity contribution in [3.63, 3.8) is 0 Å². The van der Waals surface area contributed by atoms with Crippen LogP contribution in [0.2, 0.25) is 4.34 Å². The molecule has 2 N–H and O–H groups in total. The Kier molecular flexibility index (Phi) is 2.41. The molecule has 0 saturated heterocycles. The SMILES string of the molecule is CC1(C)CC1(CCN)c1ccc(Cl)s1. The normalized spacial score (nSPS) is 29.1. The average molecular weight is 230 g/mol. The molecule has 0 amide bonds. The van der Waals surface area contributed by atoms with Gasteiger partial charge in [-0.05, 0) is 36.9 Å². The van der Waals surface area contributed by atoms with E-state index < -0.39 is 0 Å². The lowest BCUT2D eigenvalue weighted by atomic mass is 9.91. The van der Waals surface area contributed by atoms with Gasteiger partial charge in [0.25, 0.3) is 0 Å². The minimum absolute atomic E-state index is 0.319. The maximum Gasteiger partial charge on any atom is 0.0931 e. The lowest BCUT2D eigenvalue weighted by Gasteiger charge is -2.17. The van der Waals surface area contributed by atoms with Crippen LogP contribution in [0.15, 0.2) is 12.1 Å². The van der Waals surface area contributed by atoms with Crippen molar-refractivity contribution in [3.05, 3.63) is 21.3 Å². The molecule has 2 rings (SSSR count). The minimum atomic E-state index is 0.319. The first-order valence-corrected chi connectivity index (χ1v) is 6.17. The fourth-order valence-electron chi connectivity index (χ4n) is 2.50. The zero-order chi connectivity index (χ0) is 10.4. The van der Waals surface area contributed by atoms with E-state index >= 15 is 0 Å². The summed E-state index contributed by atoms with van der Waals surface area (Å²) in [6.45, 7) is 5.39. The highest BCUT2D eigenvalue weighted by Crippen LogP contribution is 2.67. The maximum absolute atomic E-state index is 5.97. The van der Waals surface area contributed by atoms with Gasteiger partial charge in [0.1, 0.15) is 0 Å². The van der Waals surface area contributed by atoms with Gasteiger partial charge in [0.2, 0.25) is 0 Å². The van der Waals surface area contributed by atoms with E-state index in [0.29, 0.717) is 10.8 Å². The topological polar surface area (TPSA) is 26.0 Å². The van der Waals surface area contributed by atoms with Gasteiger partial charge in [-0.1, -0.05) is 25.4 Å². The Morgan fingerprint density at radius 3 is 2.50 bits per heavy atom. The van der Waals surface area contributed by atoms with Crippen molar-refractivity contribution in [2.75, 3.05) is 6.54 Å². The molecular weight excluding hydrogens is 214 g/mol. The van der Waals surface area contributed by atoms with E-state index in [1.807, 2.05) is 6.07 Å². The van der Waals surface area contributed by atoms with E-state index in [2.05, 4.69) is 19.9 Å². The smallest absolute Gasteiger partial charge is 0.0931 e. The highest BCUT2D eigenvalue weighted by atomic mass is 35.5. The third-order valence-corrected chi connectivity index (χ3v) is 4.97. The molecule has 1 aliphatic carbocycles. The summed E-state index contributed by atoms with van der Waals surface area (Å²) in [4.78, 5) is 1.41. The number of halogens is 1. The number of rotatable bonds is 3. The van der Waals surface area contributed by atoms with Crippen LogP contribution >= 0.6 is 22.9 Å². The van der Waals surface area contributed by atoms with Crippen molar-refractivity contribution in [2.45, 2.75) is 32.1 Å². The van der Waals surface area contributed by atoms with Gasteiger partial charge >= 0.3 is 0 Å². The van der Waals surface area contributed by atoms with Crippen LogP contribution in [0.25, 0.3) is 0 Å². The van der Waals surface area contributed by atoms with E-state index in [4.69, 9.17) is 17.3 Å². The number of hydrogen-bond donors (Lipinski definition) is 1. The lowest BCUT2D eigenvalue weighted by molar-refractivity contribution is 0.478. The Labute approximate surface area is 94.3 Å². The van der Waals surface area contributed by atoms with Gasteiger partial charge in [0, 0.05) is 10.3 Å². The molecule has 0 radical (unpaired) electrons. The van der Waals surface area contributed by atoms with E-state index in [0.717, 1.165) is 17.3 Å². The third kappa shape index (κ3) is 1.40. The van der Waals surface area contributed by atoms with Crippen LogP contribution in [0.4, 0.5) is 0 Å². The van der Waals surface area contributed by atoms with Crippen molar-refractivity contribution in [1.82, 2.24) is 0 Å². The Hall–Kier alpha value is -0.0500. The first kappa shape index (κ1) is 10.5. The Balaban J connectivity index is 2.30. The first-order chi connectivity index (χ1) is 6.52. The minimum Gasteiger partial charge on any atom is -0.330 e. The second-order valence-electron chi connectivity index (χ2n) is 4.79. The van der Waals surface area contributed by atoms with Crippen LogP contribution in [0, 0.1) is 5.41 Å². The van der Waals surface area contributed by atoms with Crippen LogP contribution in [0.3, 0.4) is 0 Å². The van der Waals surface area contributed by atoms with Crippen LogP contribution in [0.1, 0.15) is 31.6 Å². The molecule has 1 heterocycles. The molecule has 1 aromatic heterocycles. The molecule has 0 spiro atoms. The Morgan fingerprint density at radius 1 is 1.50 bits per heavy atom. The summed E-state index contributed by atoms with van der Waals surface area (Å²) in [6, 6.07) is 4.16. The molecule has 14 heavy (non-hydrogen) atoms. The summed E-state index contributed by atoms with van der Waals surface area (Å²) >= 11 is 7.68. The molecule has 1 nitrogen and oxygen atoms in total. The second kappa shape index (κ2) is 3.22. The molecule has 1 atom stereocenters. The summed E-state index contributed by atoms with van der Waals surface area (Å²) in [5.41, 5.74) is 6.41. The fraction of sp³-hybridized carbons (Fsp3) is 0.636. The van der Waals surface area contributed by atoms with Gasteiger partial charge < -0.3 is 5.73 Å². The molecule has 1 unspecified atom stereocenters. The monoisotopic (exact) mass is 229 g/mol. The van der Waals surface area contributed by atoms with Gasteiger partial charge in [0.05, 0.1) is 4.34 Å². The number of hydrogen-bond acceptors (Lipinski definition) is 2. The zero-order valence-electron chi connectivity index (χ0n) is 8.64. The first-order valence-electron chi connectivity index (χ1n) is 4.98. The van der Waals surface area contributed by atoms with Gasteiger partial charge in [-0.25, -0.2) is 0 Å². The zero-order valence-corrected chi connectivity index (χ0v) is 10.2. The van der Waals surface area contributed by atoms with Crippen molar-refractivity contribution in [3.8, 4) is 0 Å². The predicted molar refractivity (Wildman–Crippen MR) is 63.1 cm³/mol. The van der Waals surface area contributed by atoms with E-state index in [1.54, 1.807) is 11.3 Å².